The highest BCUT2D eigenvalue weighted by atomic mass is 79.9. The lowest BCUT2D eigenvalue weighted by molar-refractivity contribution is 0.0906. The molecule has 0 aromatic heterocycles. The second-order valence-electron chi connectivity index (χ2n) is 4.23. The fourth-order valence-corrected chi connectivity index (χ4v) is 2.58. The average Bonchev–Trinajstić information content (AvgIpc) is 2.37. The number of ether oxygens (including phenoxy) is 1. The normalized spacial score (nSPS) is 20.1. The van der Waals surface area contributed by atoms with Gasteiger partial charge in [-0.15, -0.1) is 0 Å². The van der Waals surface area contributed by atoms with Crippen LogP contribution in [-0.2, 0) is 11.3 Å². The molecule has 1 aromatic rings. The number of hydrogen-bond acceptors (Lipinski definition) is 2. The molecule has 17 heavy (non-hydrogen) atoms. The summed E-state index contributed by atoms with van der Waals surface area (Å²) in [7, 11) is 0. The van der Waals surface area contributed by atoms with Crippen LogP contribution in [-0.4, -0.2) is 28.9 Å². The molecule has 0 saturated carbocycles. The standard InChI is InChI=1S/C13H16BrNO2/c14-12-7-4-8-15(9-12)13(16)17-10-11-5-2-1-3-6-11/h1-3,5-6,12H,4,7-10H2/t12-/m1/s1. The quantitative estimate of drug-likeness (QED) is 0.785. The van der Waals surface area contributed by atoms with Gasteiger partial charge in [0, 0.05) is 17.9 Å². The van der Waals surface area contributed by atoms with E-state index in [2.05, 4.69) is 15.9 Å². The Morgan fingerprint density at radius 2 is 2.18 bits per heavy atom. The van der Waals surface area contributed by atoms with Crippen molar-refractivity contribution < 1.29 is 9.53 Å². The number of rotatable bonds is 2. The molecular formula is C13H16BrNO2. The van der Waals surface area contributed by atoms with E-state index in [1.165, 1.54) is 0 Å². The predicted molar refractivity (Wildman–Crippen MR) is 70.1 cm³/mol. The zero-order valence-corrected chi connectivity index (χ0v) is 11.2. The Balaban J connectivity index is 1.81. The number of hydrogen-bond donors (Lipinski definition) is 0. The Bertz CT molecular complexity index is 369. The van der Waals surface area contributed by atoms with E-state index in [0.29, 0.717) is 11.4 Å². The maximum atomic E-state index is 11.8. The van der Waals surface area contributed by atoms with E-state index < -0.39 is 0 Å². The zero-order chi connectivity index (χ0) is 12.1. The summed E-state index contributed by atoms with van der Waals surface area (Å²) in [4.78, 5) is 14.0. The van der Waals surface area contributed by atoms with Gasteiger partial charge in [0.2, 0.25) is 0 Å². The summed E-state index contributed by atoms with van der Waals surface area (Å²) in [5.74, 6) is 0. The van der Waals surface area contributed by atoms with Crippen molar-refractivity contribution >= 4 is 22.0 Å². The number of carbonyl (C=O) groups is 1. The first kappa shape index (κ1) is 12.4. The van der Waals surface area contributed by atoms with Crippen molar-refractivity contribution in [3.63, 3.8) is 0 Å². The van der Waals surface area contributed by atoms with E-state index in [1.807, 2.05) is 30.3 Å². The molecule has 4 heteroatoms. The maximum Gasteiger partial charge on any atom is 0.410 e. The topological polar surface area (TPSA) is 29.5 Å². The van der Waals surface area contributed by atoms with E-state index >= 15 is 0 Å². The highest BCUT2D eigenvalue weighted by Gasteiger charge is 2.22. The molecule has 0 aliphatic carbocycles. The third-order valence-electron chi connectivity index (χ3n) is 2.83. The van der Waals surface area contributed by atoms with E-state index in [-0.39, 0.29) is 6.09 Å². The molecule has 1 saturated heterocycles. The van der Waals surface area contributed by atoms with Gasteiger partial charge >= 0.3 is 6.09 Å². The minimum Gasteiger partial charge on any atom is -0.445 e. The number of nitrogens with zero attached hydrogens (tertiary/aromatic N) is 1. The first-order chi connectivity index (χ1) is 8.25. The van der Waals surface area contributed by atoms with Crippen LogP contribution in [0.4, 0.5) is 4.79 Å². The Labute approximate surface area is 110 Å². The molecule has 1 aliphatic heterocycles. The maximum absolute atomic E-state index is 11.8. The molecule has 92 valence electrons. The van der Waals surface area contributed by atoms with Gasteiger partial charge in [-0.1, -0.05) is 46.3 Å². The third-order valence-corrected chi connectivity index (χ3v) is 3.57. The monoisotopic (exact) mass is 297 g/mol. The first-order valence-electron chi connectivity index (χ1n) is 5.85. The number of halogens is 1. The molecule has 1 atom stereocenters. The molecule has 1 amide bonds. The summed E-state index contributed by atoms with van der Waals surface area (Å²) in [6, 6.07) is 9.75. The summed E-state index contributed by atoms with van der Waals surface area (Å²) >= 11 is 3.54. The van der Waals surface area contributed by atoms with Crippen molar-refractivity contribution in [2.75, 3.05) is 13.1 Å². The smallest absolute Gasteiger partial charge is 0.410 e. The minimum absolute atomic E-state index is 0.210. The molecule has 1 aliphatic rings. The van der Waals surface area contributed by atoms with Crippen molar-refractivity contribution in [1.82, 2.24) is 4.90 Å². The van der Waals surface area contributed by atoms with Gasteiger partial charge in [-0.3, -0.25) is 0 Å². The van der Waals surface area contributed by atoms with Crippen LogP contribution >= 0.6 is 15.9 Å². The van der Waals surface area contributed by atoms with Gasteiger partial charge < -0.3 is 9.64 Å². The van der Waals surface area contributed by atoms with Gasteiger partial charge in [-0.05, 0) is 18.4 Å². The van der Waals surface area contributed by atoms with Crippen molar-refractivity contribution in [3.05, 3.63) is 35.9 Å². The van der Waals surface area contributed by atoms with E-state index in [9.17, 15) is 4.79 Å². The van der Waals surface area contributed by atoms with Crippen LogP contribution in [0.3, 0.4) is 0 Å². The Hall–Kier alpha value is -1.03. The molecule has 0 radical (unpaired) electrons. The molecule has 2 rings (SSSR count). The van der Waals surface area contributed by atoms with Gasteiger partial charge in [0.25, 0.3) is 0 Å². The first-order valence-corrected chi connectivity index (χ1v) is 6.77. The molecule has 3 nitrogen and oxygen atoms in total. The molecule has 1 heterocycles. The minimum atomic E-state index is -0.210. The Morgan fingerprint density at radius 1 is 1.41 bits per heavy atom. The summed E-state index contributed by atoms with van der Waals surface area (Å²) in [6.07, 6.45) is 1.96. The van der Waals surface area contributed by atoms with Crippen LogP contribution in [0.5, 0.6) is 0 Å². The molecule has 1 fully saturated rings. The van der Waals surface area contributed by atoms with Crippen molar-refractivity contribution in [2.45, 2.75) is 24.3 Å². The molecule has 0 N–H and O–H groups in total. The van der Waals surface area contributed by atoms with Crippen molar-refractivity contribution in [1.29, 1.82) is 0 Å². The van der Waals surface area contributed by atoms with Crippen molar-refractivity contribution in [3.8, 4) is 0 Å². The molecule has 0 unspecified atom stereocenters. The zero-order valence-electron chi connectivity index (χ0n) is 9.64. The van der Waals surface area contributed by atoms with Gasteiger partial charge in [0.1, 0.15) is 6.61 Å². The highest BCUT2D eigenvalue weighted by molar-refractivity contribution is 9.09. The summed E-state index contributed by atoms with van der Waals surface area (Å²) < 4.78 is 5.28. The fourth-order valence-electron chi connectivity index (χ4n) is 1.90. The molecule has 1 aromatic carbocycles. The van der Waals surface area contributed by atoms with Crippen LogP contribution in [0.15, 0.2) is 30.3 Å². The second-order valence-corrected chi connectivity index (χ2v) is 5.52. The average molecular weight is 298 g/mol. The van der Waals surface area contributed by atoms with E-state index in [1.54, 1.807) is 4.90 Å². The summed E-state index contributed by atoms with van der Waals surface area (Å²) in [5.41, 5.74) is 1.02. The van der Waals surface area contributed by atoms with Gasteiger partial charge in [-0.25, -0.2) is 4.79 Å². The van der Waals surface area contributed by atoms with Crippen LogP contribution in [0, 0.1) is 0 Å². The van der Waals surface area contributed by atoms with Gasteiger partial charge in [0.05, 0.1) is 0 Å². The van der Waals surface area contributed by atoms with E-state index in [4.69, 9.17) is 4.74 Å². The molecular weight excluding hydrogens is 282 g/mol. The highest BCUT2D eigenvalue weighted by Crippen LogP contribution is 2.17. The van der Waals surface area contributed by atoms with Crippen LogP contribution in [0.1, 0.15) is 18.4 Å². The van der Waals surface area contributed by atoms with Crippen molar-refractivity contribution in [2.24, 2.45) is 0 Å². The van der Waals surface area contributed by atoms with Gasteiger partial charge in [-0.2, -0.15) is 0 Å². The van der Waals surface area contributed by atoms with Crippen LogP contribution < -0.4 is 0 Å². The Kier molecular flexibility index (Phi) is 4.42. The Morgan fingerprint density at radius 3 is 2.88 bits per heavy atom. The summed E-state index contributed by atoms with van der Waals surface area (Å²) in [6.45, 7) is 1.90. The number of likely N-dealkylation sites (tertiary alicyclic amines) is 1. The third kappa shape index (κ3) is 3.73. The van der Waals surface area contributed by atoms with Crippen LogP contribution in [0.25, 0.3) is 0 Å². The lowest BCUT2D eigenvalue weighted by Gasteiger charge is -2.29. The second kappa shape index (κ2) is 6.05. The summed E-state index contributed by atoms with van der Waals surface area (Å²) in [5, 5.41) is 0. The lowest BCUT2D eigenvalue weighted by atomic mass is 10.1. The van der Waals surface area contributed by atoms with Gasteiger partial charge in [0.15, 0.2) is 0 Å². The molecule has 0 spiro atoms. The largest absolute Gasteiger partial charge is 0.445 e. The van der Waals surface area contributed by atoms with E-state index in [0.717, 1.165) is 31.5 Å². The number of amides is 1. The fraction of sp³-hybridized carbons (Fsp3) is 0.462. The number of benzene rings is 1. The predicted octanol–water partition coefficient (Wildman–Crippen LogP) is 3.18. The number of alkyl halides is 1. The van der Waals surface area contributed by atoms with Crippen LogP contribution in [0.2, 0.25) is 0 Å². The number of carbonyl (C=O) groups excluding carboxylic acids is 1. The molecule has 0 bridgehead atoms. The lowest BCUT2D eigenvalue weighted by Crippen LogP contribution is -2.40. The SMILES string of the molecule is O=C(OCc1ccccc1)N1CCC[C@@H](Br)C1. The number of piperidine rings is 1.